The quantitative estimate of drug-likeness (QED) is 0.662. The molecule has 1 aliphatic heterocycles. The van der Waals surface area contributed by atoms with Crippen LogP contribution in [-0.2, 0) is 10.0 Å². The van der Waals surface area contributed by atoms with Crippen molar-refractivity contribution in [1.82, 2.24) is 0 Å². The van der Waals surface area contributed by atoms with Crippen LogP contribution in [0.15, 0.2) is 91.0 Å². The van der Waals surface area contributed by atoms with Gasteiger partial charge in [-0.15, -0.1) is 0 Å². The second-order valence-electron chi connectivity index (χ2n) is 6.18. The average Bonchev–Trinajstić information content (AvgIpc) is 2.68. The SMILES string of the molecule is O=C(c1ccccc1)[C@H]1[C@H](c2ccccc2)N(c2ccccc2)S1(=O)=O. The van der Waals surface area contributed by atoms with Gasteiger partial charge in [0, 0.05) is 5.56 Å². The molecule has 3 aromatic carbocycles. The molecule has 2 atom stereocenters. The molecule has 0 N–H and O–H groups in total. The Labute approximate surface area is 152 Å². The minimum absolute atomic E-state index is 0.369. The lowest BCUT2D eigenvalue weighted by atomic mass is 9.96. The number of benzene rings is 3. The van der Waals surface area contributed by atoms with Gasteiger partial charge in [0.05, 0.1) is 11.7 Å². The Hall–Kier alpha value is -2.92. The van der Waals surface area contributed by atoms with E-state index in [9.17, 15) is 13.2 Å². The summed E-state index contributed by atoms with van der Waals surface area (Å²) in [6.45, 7) is 0. The summed E-state index contributed by atoms with van der Waals surface area (Å²) in [5.74, 6) is -0.369. The molecule has 0 saturated carbocycles. The van der Waals surface area contributed by atoms with E-state index >= 15 is 0 Å². The molecule has 4 rings (SSSR count). The van der Waals surface area contributed by atoms with Crippen molar-refractivity contribution in [3.8, 4) is 0 Å². The maximum Gasteiger partial charge on any atom is 0.248 e. The van der Waals surface area contributed by atoms with Crippen LogP contribution in [0.1, 0.15) is 22.0 Å². The molecule has 0 spiro atoms. The first-order valence-corrected chi connectivity index (χ1v) is 9.83. The van der Waals surface area contributed by atoms with E-state index in [1.807, 2.05) is 36.4 Å². The maximum atomic E-state index is 13.1. The molecule has 26 heavy (non-hydrogen) atoms. The fourth-order valence-electron chi connectivity index (χ4n) is 3.39. The lowest BCUT2D eigenvalue weighted by molar-refractivity contribution is 0.0971. The summed E-state index contributed by atoms with van der Waals surface area (Å²) in [7, 11) is -3.78. The Morgan fingerprint density at radius 3 is 1.81 bits per heavy atom. The van der Waals surface area contributed by atoms with Crippen LogP contribution >= 0.6 is 0 Å². The highest BCUT2D eigenvalue weighted by Crippen LogP contribution is 2.46. The van der Waals surface area contributed by atoms with Crippen LogP contribution in [0, 0.1) is 0 Å². The van der Waals surface area contributed by atoms with E-state index in [2.05, 4.69) is 0 Å². The van der Waals surface area contributed by atoms with Gasteiger partial charge in [-0.25, -0.2) is 8.42 Å². The molecule has 0 aromatic heterocycles. The summed E-state index contributed by atoms with van der Waals surface area (Å²) >= 11 is 0. The van der Waals surface area contributed by atoms with Crippen molar-refractivity contribution in [2.75, 3.05) is 4.31 Å². The van der Waals surface area contributed by atoms with Gasteiger partial charge in [-0.05, 0) is 17.7 Å². The smallest absolute Gasteiger partial charge is 0.248 e. The summed E-state index contributed by atoms with van der Waals surface area (Å²) in [6.07, 6.45) is 0. The van der Waals surface area contributed by atoms with Crippen LogP contribution < -0.4 is 4.31 Å². The molecule has 1 aliphatic rings. The zero-order valence-electron chi connectivity index (χ0n) is 13.9. The average molecular weight is 363 g/mol. The van der Waals surface area contributed by atoms with Gasteiger partial charge in [0.1, 0.15) is 0 Å². The highest BCUT2D eigenvalue weighted by Gasteiger charge is 2.58. The van der Waals surface area contributed by atoms with Crippen LogP contribution in [0.2, 0.25) is 0 Å². The van der Waals surface area contributed by atoms with E-state index in [1.165, 1.54) is 4.31 Å². The fraction of sp³-hybridized carbons (Fsp3) is 0.0952. The standard InChI is InChI=1S/C21H17NO3S/c23-20(17-12-6-2-7-13-17)21-19(16-10-4-1-5-11-16)22(26(21,24)25)18-14-8-3-9-15-18/h1-15,19,21H/t19-,21+/m0/s1. The fourth-order valence-corrected chi connectivity index (χ4v) is 5.43. The molecule has 0 unspecified atom stereocenters. The van der Waals surface area contributed by atoms with Crippen LogP contribution in [0.25, 0.3) is 0 Å². The molecule has 0 radical (unpaired) electrons. The Kier molecular flexibility index (Phi) is 4.09. The van der Waals surface area contributed by atoms with Crippen molar-refractivity contribution in [1.29, 1.82) is 0 Å². The molecular weight excluding hydrogens is 346 g/mol. The first-order chi connectivity index (χ1) is 12.6. The third-order valence-electron chi connectivity index (χ3n) is 4.60. The monoisotopic (exact) mass is 363 g/mol. The lowest BCUT2D eigenvalue weighted by Crippen LogP contribution is -2.61. The number of ketones is 1. The third-order valence-corrected chi connectivity index (χ3v) is 6.70. The van der Waals surface area contributed by atoms with Crippen molar-refractivity contribution in [2.45, 2.75) is 11.3 Å². The predicted molar refractivity (Wildman–Crippen MR) is 102 cm³/mol. The van der Waals surface area contributed by atoms with Crippen molar-refractivity contribution in [3.05, 3.63) is 102 Å². The topological polar surface area (TPSA) is 54.5 Å². The number of carbonyl (C=O) groups excluding carboxylic acids is 1. The number of para-hydroxylation sites is 1. The van der Waals surface area contributed by atoms with Gasteiger partial charge in [-0.2, -0.15) is 0 Å². The van der Waals surface area contributed by atoms with Gasteiger partial charge in [-0.3, -0.25) is 9.10 Å². The van der Waals surface area contributed by atoms with Crippen LogP contribution in [0.4, 0.5) is 5.69 Å². The van der Waals surface area contributed by atoms with E-state index in [0.717, 1.165) is 5.56 Å². The number of nitrogens with zero attached hydrogens (tertiary/aromatic N) is 1. The first-order valence-electron chi connectivity index (χ1n) is 8.33. The first kappa shape index (κ1) is 16.5. The number of hydrogen-bond donors (Lipinski definition) is 0. The number of hydrogen-bond acceptors (Lipinski definition) is 3. The van der Waals surface area contributed by atoms with Crippen LogP contribution in [-0.4, -0.2) is 19.5 Å². The van der Waals surface area contributed by atoms with E-state index in [4.69, 9.17) is 0 Å². The van der Waals surface area contributed by atoms with E-state index < -0.39 is 21.3 Å². The Bertz CT molecular complexity index is 1020. The second-order valence-corrected chi connectivity index (χ2v) is 8.11. The molecule has 1 heterocycles. The van der Waals surface area contributed by atoms with E-state index in [1.54, 1.807) is 54.6 Å². The Morgan fingerprint density at radius 2 is 1.23 bits per heavy atom. The molecule has 5 heteroatoms. The zero-order valence-corrected chi connectivity index (χ0v) is 14.7. The van der Waals surface area contributed by atoms with E-state index in [-0.39, 0.29) is 5.78 Å². The second kappa shape index (κ2) is 6.42. The summed E-state index contributed by atoms with van der Waals surface area (Å²) in [6, 6.07) is 26.3. The molecule has 0 amide bonds. The van der Waals surface area contributed by atoms with Gasteiger partial charge in [-0.1, -0.05) is 78.9 Å². The highest BCUT2D eigenvalue weighted by molar-refractivity contribution is 7.95. The normalized spacial score (nSPS) is 21.0. The predicted octanol–water partition coefficient (Wildman–Crippen LogP) is 3.83. The summed E-state index contributed by atoms with van der Waals surface area (Å²) in [4.78, 5) is 13.0. The lowest BCUT2D eigenvalue weighted by Gasteiger charge is -2.47. The molecule has 0 aliphatic carbocycles. The van der Waals surface area contributed by atoms with Gasteiger partial charge < -0.3 is 0 Å². The Morgan fingerprint density at radius 1 is 0.731 bits per heavy atom. The number of sulfonamides is 1. The van der Waals surface area contributed by atoms with Crippen molar-refractivity contribution in [3.63, 3.8) is 0 Å². The summed E-state index contributed by atoms with van der Waals surface area (Å²) < 4.78 is 27.5. The number of Topliss-reactive ketones (excluding diaryl/α,β-unsaturated/α-hetero) is 1. The summed E-state index contributed by atoms with van der Waals surface area (Å²) in [5, 5.41) is -1.12. The maximum absolute atomic E-state index is 13.1. The van der Waals surface area contributed by atoms with Crippen molar-refractivity contribution < 1.29 is 13.2 Å². The van der Waals surface area contributed by atoms with Gasteiger partial charge in [0.25, 0.3) is 0 Å². The highest BCUT2D eigenvalue weighted by atomic mass is 32.2. The molecule has 3 aromatic rings. The molecule has 130 valence electrons. The number of anilines is 1. The molecule has 1 saturated heterocycles. The minimum atomic E-state index is -3.78. The summed E-state index contributed by atoms with van der Waals surface area (Å²) in [5.41, 5.74) is 1.79. The molecule has 0 bridgehead atoms. The van der Waals surface area contributed by atoms with Crippen molar-refractivity contribution in [2.24, 2.45) is 0 Å². The van der Waals surface area contributed by atoms with E-state index in [0.29, 0.717) is 11.3 Å². The largest absolute Gasteiger partial charge is 0.293 e. The molecule has 1 fully saturated rings. The number of rotatable bonds is 4. The van der Waals surface area contributed by atoms with Crippen LogP contribution in [0.3, 0.4) is 0 Å². The Balaban J connectivity index is 1.82. The number of carbonyl (C=O) groups is 1. The van der Waals surface area contributed by atoms with Crippen molar-refractivity contribution >= 4 is 21.5 Å². The molecule has 4 nitrogen and oxygen atoms in total. The molecular formula is C21H17NO3S. The minimum Gasteiger partial charge on any atom is -0.293 e. The van der Waals surface area contributed by atoms with Crippen LogP contribution in [0.5, 0.6) is 0 Å². The van der Waals surface area contributed by atoms with Gasteiger partial charge in [0.2, 0.25) is 10.0 Å². The third kappa shape index (κ3) is 2.61. The van der Waals surface area contributed by atoms with Gasteiger partial charge >= 0.3 is 0 Å². The zero-order chi connectivity index (χ0) is 18.1. The van der Waals surface area contributed by atoms with Gasteiger partial charge in [0.15, 0.2) is 11.0 Å².